The molecule has 2 unspecified atom stereocenters. The Kier molecular flexibility index (Phi) is 5.20. The number of aryl methyl sites for hydroxylation is 1. The fourth-order valence-electron chi connectivity index (χ4n) is 3.31. The SMILES string of the molecule is Cc1ccc(C(Cc2ccccn2)N2CCCC(C(=O)O)C2)nc1. The Hall–Kier alpha value is -2.27. The second kappa shape index (κ2) is 7.53. The maximum absolute atomic E-state index is 11.4. The maximum atomic E-state index is 11.4. The Bertz CT molecular complexity index is 673. The first-order valence-corrected chi connectivity index (χ1v) is 8.43. The molecule has 5 nitrogen and oxygen atoms in total. The Morgan fingerprint density at radius 1 is 1.33 bits per heavy atom. The molecular formula is C19H23N3O2. The van der Waals surface area contributed by atoms with Gasteiger partial charge in [-0.25, -0.2) is 0 Å². The molecule has 2 aromatic heterocycles. The summed E-state index contributed by atoms with van der Waals surface area (Å²) in [5.74, 6) is -0.997. The fraction of sp³-hybridized carbons (Fsp3) is 0.421. The van der Waals surface area contributed by atoms with Crippen LogP contribution < -0.4 is 0 Å². The van der Waals surface area contributed by atoms with Gasteiger partial charge >= 0.3 is 5.97 Å². The number of carboxylic acid groups (broad SMARTS) is 1. The number of hydrogen-bond acceptors (Lipinski definition) is 4. The monoisotopic (exact) mass is 325 g/mol. The van der Waals surface area contributed by atoms with E-state index in [1.165, 1.54) is 0 Å². The lowest BCUT2D eigenvalue weighted by Crippen LogP contribution is -2.41. The quantitative estimate of drug-likeness (QED) is 0.915. The highest BCUT2D eigenvalue weighted by Crippen LogP contribution is 2.28. The van der Waals surface area contributed by atoms with Crippen LogP contribution in [0.3, 0.4) is 0 Å². The smallest absolute Gasteiger partial charge is 0.307 e. The maximum Gasteiger partial charge on any atom is 0.307 e. The van der Waals surface area contributed by atoms with Crippen LogP contribution in [-0.4, -0.2) is 39.0 Å². The van der Waals surface area contributed by atoms with Crippen molar-refractivity contribution in [3.8, 4) is 0 Å². The Labute approximate surface area is 142 Å². The van der Waals surface area contributed by atoms with Gasteiger partial charge in [-0.1, -0.05) is 12.1 Å². The zero-order chi connectivity index (χ0) is 16.9. The number of pyridine rings is 2. The van der Waals surface area contributed by atoms with Crippen molar-refractivity contribution >= 4 is 5.97 Å². The van der Waals surface area contributed by atoms with Crippen LogP contribution in [0.2, 0.25) is 0 Å². The minimum atomic E-state index is -0.701. The molecule has 24 heavy (non-hydrogen) atoms. The molecule has 2 atom stereocenters. The lowest BCUT2D eigenvalue weighted by molar-refractivity contribution is -0.144. The lowest BCUT2D eigenvalue weighted by atomic mass is 9.94. The molecule has 5 heteroatoms. The average molecular weight is 325 g/mol. The Morgan fingerprint density at radius 3 is 2.88 bits per heavy atom. The third-order valence-corrected chi connectivity index (χ3v) is 4.65. The van der Waals surface area contributed by atoms with Crippen molar-refractivity contribution in [2.75, 3.05) is 13.1 Å². The van der Waals surface area contributed by atoms with Gasteiger partial charge in [0.25, 0.3) is 0 Å². The molecule has 0 spiro atoms. The molecule has 0 bridgehead atoms. The number of nitrogens with zero attached hydrogens (tertiary/aromatic N) is 3. The summed E-state index contributed by atoms with van der Waals surface area (Å²) in [6.07, 6.45) is 6.07. The summed E-state index contributed by atoms with van der Waals surface area (Å²) in [6.45, 7) is 3.49. The molecule has 0 aromatic carbocycles. The first kappa shape index (κ1) is 16.6. The van der Waals surface area contributed by atoms with Crippen LogP contribution in [0.15, 0.2) is 42.7 Å². The number of carboxylic acids is 1. The molecular weight excluding hydrogens is 302 g/mol. The van der Waals surface area contributed by atoms with Gasteiger partial charge in [-0.15, -0.1) is 0 Å². The molecule has 0 aliphatic carbocycles. The summed E-state index contributed by atoms with van der Waals surface area (Å²) in [5, 5.41) is 9.38. The molecule has 3 heterocycles. The number of hydrogen-bond donors (Lipinski definition) is 1. The van der Waals surface area contributed by atoms with E-state index in [1.807, 2.05) is 37.4 Å². The Morgan fingerprint density at radius 2 is 2.21 bits per heavy atom. The van der Waals surface area contributed by atoms with Gasteiger partial charge in [0.2, 0.25) is 0 Å². The molecule has 1 aliphatic rings. The largest absolute Gasteiger partial charge is 0.481 e. The molecule has 0 amide bonds. The summed E-state index contributed by atoms with van der Waals surface area (Å²) in [6, 6.07) is 10.1. The van der Waals surface area contributed by atoms with Crippen LogP contribution in [0.4, 0.5) is 0 Å². The van der Waals surface area contributed by atoms with Crippen molar-refractivity contribution in [3.05, 3.63) is 59.7 Å². The molecule has 1 saturated heterocycles. The number of aliphatic carboxylic acids is 1. The van der Waals surface area contributed by atoms with Crippen molar-refractivity contribution < 1.29 is 9.90 Å². The fourth-order valence-corrected chi connectivity index (χ4v) is 3.31. The molecule has 3 rings (SSSR count). The number of rotatable bonds is 5. The molecule has 0 radical (unpaired) electrons. The highest BCUT2D eigenvalue weighted by atomic mass is 16.4. The standard InChI is InChI=1S/C19H23N3O2/c1-14-7-8-17(21-12-14)18(11-16-6-2-3-9-20-16)22-10-4-5-15(13-22)19(23)24/h2-3,6-9,12,15,18H,4-5,10-11,13H2,1H3,(H,23,24). The van der Waals surface area contributed by atoms with E-state index in [9.17, 15) is 9.90 Å². The van der Waals surface area contributed by atoms with E-state index in [2.05, 4.69) is 20.9 Å². The number of aromatic nitrogens is 2. The summed E-state index contributed by atoms with van der Waals surface area (Å²) < 4.78 is 0. The number of carbonyl (C=O) groups is 1. The molecule has 1 N–H and O–H groups in total. The highest BCUT2D eigenvalue weighted by molar-refractivity contribution is 5.70. The van der Waals surface area contributed by atoms with Crippen LogP contribution >= 0.6 is 0 Å². The second-order valence-electron chi connectivity index (χ2n) is 6.47. The molecule has 1 aliphatic heterocycles. The number of piperidine rings is 1. The molecule has 126 valence electrons. The lowest BCUT2D eigenvalue weighted by Gasteiger charge is -2.36. The van der Waals surface area contributed by atoms with Gasteiger partial charge in [0.15, 0.2) is 0 Å². The summed E-state index contributed by atoms with van der Waals surface area (Å²) in [4.78, 5) is 22.7. The summed E-state index contributed by atoms with van der Waals surface area (Å²) >= 11 is 0. The van der Waals surface area contributed by atoms with Crippen LogP contribution in [0.25, 0.3) is 0 Å². The average Bonchev–Trinajstić information content (AvgIpc) is 2.61. The summed E-state index contributed by atoms with van der Waals surface area (Å²) in [7, 11) is 0. The van der Waals surface area contributed by atoms with E-state index >= 15 is 0 Å². The zero-order valence-corrected chi connectivity index (χ0v) is 13.9. The van der Waals surface area contributed by atoms with Crippen molar-refractivity contribution in [2.45, 2.75) is 32.2 Å². The van der Waals surface area contributed by atoms with Gasteiger partial charge < -0.3 is 5.11 Å². The Balaban J connectivity index is 1.86. The first-order valence-electron chi connectivity index (χ1n) is 8.43. The van der Waals surface area contributed by atoms with Gasteiger partial charge in [-0.2, -0.15) is 0 Å². The van der Waals surface area contributed by atoms with E-state index in [1.54, 1.807) is 6.20 Å². The molecule has 2 aromatic rings. The zero-order valence-electron chi connectivity index (χ0n) is 13.9. The normalized spacial score (nSPS) is 19.8. The van der Waals surface area contributed by atoms with Crippen molar-refractivity contribution in [1.29, 1.82) is 0 Å². The van der Waals surface area contributed by atoms with Gasteiger partial charge in [0, 0.05) is 31.1 Å². The molecule has 1 fully saturated rings. The van der Waals surface area contributed by atoms with E-state index in [0.717, 1.165) is 42.8 Å². The van der Waals surface area contributed by atoms with Crippen LogP contribution in [-0.2, 0) is 11.2 Å². The van der Waals surface area contributed by atoms with Gasteiger partial charge in [0.05, 0.1) is 17.7 Å². The topological polar surface area (TPSA) is 66.3 Å². The van der Waals surface area contributed by atoms with Gasteiger partial charge in [-0.05, 0) is 50.1 Å². The van der Waals surface area contributed by atoms with E-state index < -0.39 is 5.97 Å². The van der Waals surface area contributed by atoms with Crippen LogP contribution in [0.5, 0.6) is 0 Å². The highest BCUT2D eigenvalue weighted by Gasteiger charge is 2.31. The first-order chi connectivity index (χ1) is 11.6. The molecule has 0 saturated carbocycles. The van der Waals surface area contributed by atoms with E-state index in [4.69, 9.17) is 0 Å². The van der Waals surface area contributed by atoms with Crippen molar-refractivity contribution in [3.63, 3.8) is 0 Å². The van der Waals surface area contributed by atoms with E-state index in [0.29, 0.717) is 6.54 Å². The van der Waals surface area contributed by atoms with Gasteiger partial charge in [-0.3, -0.25) is 19.7 Å². The minimum Gasteiger partial charge on any atom is -0.481 e. The van der Waals surface area contributed by atoms with Crippen LogP contribution in [0.1, 0.15) is 35.8 Å². The van der Waals surface area contributed by atoms with E-state index in [-0.39, 0.29) is 12.0 Å². The second-order valence-corrected chi connectivity index (χ2v) is 6.47. The third kappa shape index (κ3) is 3.97. The number of likely N-dealkylation sites (tertiary alicyclic amines) is 1. The van der Waals surface area contributed by atoms with Crippen molar-refractivity contribution in [1.82, 2.24) is 14.9 Å². The van der Waals surface area contributed by atoms with Gasteiger partial charge in [0.1, 0.15) is 0 Å². The van der Waals surface area contributed by atoms with Crippen molar-refractivity contribution in [2.24, 2.45) is 5.92 Å². The predicted octanol–water partition coefficient (Wildman–Crippen LogP) is 2.87. The predicted molar refractivity (Wildman–Crippen MR) is 91.6 cm³/mol. The minimum absolute atomic E-state index is 0.0580. The summed E-state index contributed by atoms with van der Waals surface area (Å²) in [5.41, 5.74) is 3.11. The van der Waals surface area contributed by atoms with Crippen LogP contribution in [0, 0.1) is 12.8 Å². The third-order valence-electron chi connectivity index (χ3n) is 4.65.